The molecule has 0 saturated carbocycles. The van der Waals surface area contributed by atoms with Gasteiger partial charge < -0.3 is 15.5 Å². The van der Waals surface area contributed by atoms with E-state index in [9.17, 15) is 0 Å². The van der Waals surface area contributed by atoms with Crippen molar-refractivity contribution in [3.63, 3.8) is 0 Å². The first-order chi connectivity index (χ1) is 7.86. The van der Waals surface area contributed by atoms with Gasteiger partial charge in [-0.1, -0.05) is 6.07 Å². The van der Waals surface area contributed by atoms with Gasteiger partial charge in [-0.3, -0.25) is 4.98 Å². The molecule has 1 aliphatic rings. The minimum Gasteiger partial charge on any atom is -0.358 e. The number of nitrogens with zero attached hydrogens (tertiary/aromatic N) is 2. The van der Waals surface area contributed by atoms with Gasteiger partial charge >= 0.3 is 0 Å². The average Bonchev–Trinajstić information content (AvgIpc) is 2.38. The summed E-state index contributed by atoms with van der Waals surface area (Å²) < 4.78 is 0. The molecule has 0 atom stereocenters. The number of thiocarbonyl (C=S) groups is 1. The zero-order valence-corrected chi connectivity index (χ0v) is 9.96. The Kier molecular flexibility index (Phi) is 4.07. The van der Waals surface area contributed by atoms with Gasteiger partial charge in [0.05, 0.1) is 0 Å². The molecule has 0 unspecified atom stereocenters. The summed E-state index contributed by atoms with van der Waals surface area (Å²) in [7, 11) is 0. The first-order valence-corrected chi connectivity index (χ1v) is 5.89. The van der Waals surface area contributed by atoms with Crippen LogP contribution < -0.4 is 10.6 Å². The molecule has 0 spiro atoms. The molecule has 1 aromatic heterocycles. The molecule has 1 aromatic rings. The molecule has 2 N–H and O–H groups in total. The fourth-order valence-electron chi connectivity index (χ4n) is 1.66. The van der Waals surface area contributed by atoms with Crippen LogP contribution in [0.15, 0.2) is 24.5 Å². The standard InChI is InChI=1S/C11H16N4S/c16-11(15-6-4-12-5-7-15)14-9-10-2-1-3-13-8-10/h1-3,8,12H,4-7,9H2,(H,14,16). The highest BCUT2D eigenvalue weighted by Crippen LogP contribution is 1.97. The van der Waals surface area contributed by atoms with Gasteiger partial charge in [0.25, 0.3) is 0 Å². The van der Waals surface area contributed by atoms with Crippen molar-refractivity contribution in [3.05, 3.63) is 30.1 Å². The highest BCUT2D eigenvalue weighted by Gasteiger charge is 2.11. The molecule has 0 radical (unpaired) electrons. The van der Waals surface area contributed by atoms with E-state index >= 15 is 0 Å². The van der Waals surface area contributed by atoms with Crippen LogP contribution in [0, 0.1) is 0 Å². The van der Waals surface area contributed by atoms with Crippen molar-refractivity contribution in [1.29, 1.82) is 0 Å². The van der Waals surface area contributed by atoms with Crippen LogP contribution in [-0.4, -0.2) is 41.2 Å². The SMILES string of the molecule is S=C(NCc1cccnc1)N1CCNCC1. The number of piperazine rings is 1. The number of pyridine rings is 1. The maximum atomic E-state index is 5.34. The van der Waals surface area contributed by atoms with Crippen molar-refractivity contribution in [2.75, 3.05) is 26.2 Å². The summed E-state index contributed by atoms with van der Waals surface area (Å²) in [4.78, 5) is 6.26. The number of hydrogen-bond donors (Lipinski definition) is 2. The topological polar surface area (TPSA) is 40.2 Å². The number of hydrogen-bond acceptors (Lipinski definition) is 3. The van der Waals surface area contributed by atoms with E-state index in [4.69, 9.17) is 12.2 Å². The fourth-order valence-corrected chi connectivity index (χ4v) is 1.91. The Morgan fingerprint density at radius 2 is 2.31 bits per heavy atom. The Balaban J connectivity index is 1.79. The van der Waals surface area contributed by atoms with Crippen LogP contribution in [0.2, 0.25) is 0 Å². The summed E-state index contributed by atoms with van der Waals surface area (Å²) in [5, 5.41) is 7.40. The maximum absolute atomic E-state index is 5.34. The summed E-state index contributed by atoms with van der Waals surface area (Å²) in [6, 6.07) is 3.98. The molecule has 0 aliphatic carbocycles. The molecule has 0 bridgehead atoms. The van der Waals surface area contributed by atoms with Gasteiger partial charge in [-0.15, -0.1) is 0 Å². The third-order valence-electron chi connectivity index (χ3n) is 2.57. The van der Waals surface area contributed by atoms with Gasteiger partial charge in [0, 0.05) is 45.1 Å². The number of nitrogens with one attached hydrogen (secondary N) is 2. The zero-order chi connectivity index (χ0) is 11.2. The van der Waals surface area contributed by atoms with E-state index in [1.54, 1.807) is 6.20 Å². The maximum Gasteiger partial charge on any atom is 0.169 e. The minimum absolute atomic E-state index is 0.747. The Bertz CT molecular complexity index is 335. The smallest absolute Gasteiger partial charge is 0.169 e. The lowest BCUT2D eigenvalue weighted by atomic mass is 10.3. The third kappa shape index (κ3) is 3.15. The first kappa shape index (κ1) is 11.3. The highest BCUT2D eigenvalue weighted by molar-refractivity contribution is 7.80. The van der Waals surface area contributed by atoms with E-state index in [0.717, 1.165) is 43.4 Å². The molecular weight excluding hydrogens is 220 g/mol. The summed E-state index contributed by atoms with van der Waals surface area (Å²) >= 11 is 5.34. The van der Waals surface area contributed by atoms with Gasteiger partial charge in [-0.2, -0.15) is 0 Å². The van der Waals surface area contributed by atoms with E-state index < -0.39 is 0 Å². The molecule has 1 saturated heterocycles. The zero-order valence-electron chi connectivity index (χ0n) is 9.15. The monoisotopic (exact) mass is 236 g/mol. The third-order valence-corrected chi connectivity index (χ3v) is 2.97. The van der Waals surface area contributed by atoms with Crippen molar-refractivity contribution in [1.82, 2.24) is 20.5 Å². The summed E-state index contributed by atoms with van der Waals surface area (Å²) in [5.74, 6) is 0. The lowest BCUT2D eigenvalue weighted by Crippen LogP contribution is -2.49. The van der Waals surface area contributed by atoms with Gasteiger partial charge in [0.2, 0.25) is 0 Å². The van der Waals surface area contributed by atoms with E-state index in [1.165, 1.54) is 0 Å². The molecule has 4 nitrogen and oxygen atoms in total. The molecule has 1 fully saturated rings. The Morgan fingerprint density at radius 1 is 1.50 bits per heavy atom. The van der Waals surface area contributed by atoms with Crippen molar-refractivity contribution < 1.29 is 0 Å². The predicted molar refractivity (Wildman–Crippen MR) is 68.1 cm³/mol. The molecule has 1 aliphatic heterocycles. The van der Waals surface area contributed by atoms with Crippen LogP contribution in [0.5, 0.6) is 0 Å². The molecule has 86 valence electrons. The largest absolute Gasteiger partial charge is 0.358 e. The fraction of sp³-hybridized carbons (Fsp3) is 0.455. The van der Waals surface area contributed by atoms with Crippen LogP contribution in [0.3, 0.4) is 0 Å². The van der Waals surface area contributed by atoms with E-state index in [1.807, 2.05) is 18.3 Å². The predicted octanol–water partition coefficient (Wildman–Crippen LogP) is 0.361. The van der Waals surface area contributed by atoms with E-state index in [-0.39, 0.29) is 0 Å². The van der Waals surface area contributed by atoms with Crippen molar-refractivity contribution >= 4 is 17.3 Å². The van der Waals surface area contributed by atoms with Gasteiger partial charge in [-0.25, -0.2) is 0 Å². The van der Waals surface area contributed by atoms with Crippen LogP contribution in [-0.2, 0) is 6.54 Å². The van der Waals surface area contributed by atoms with Crippen molar-refractivity contribution in [3.8, 4) is 0 Å². The molecular formula is C11H16N4S. The summed E-state index contributed by atoms with van der Waals surface area (Å²) in [6.07, 6.45) is 3.63. The Hall–Kier alpha value is -1.20. The quantitative estimate of drug-likeness (QED) is 0.726. The molecule has 5 heteroatoms. The van der Waals surface area contributed by atoms with Crippen molar-refractivity contribution in [2.24, 2.45) is 0 Å². The van der Waals surface area contributed by atoms with E-state index in [0.29, 0.717) is 0 Å². The minimum atomic E-state index is 0.747. The molecule has 0 amide bonds. The molecule has 2 rings (SSSR count). The van der Waals surface area contributed by atoms with Gasteiger partial charge in [0.15, 0.2) is 5.11 Å². The molecule has 0 aromatic carbocycles. The van der Waals surface area contributed by atoms with Crippen LogP contribution in [0.25, 0.3) is 0 Å². The van der Waals surface area contributed by atoms with Gasteiger partial charge in [-0.05, 0) is 23.8 Å². The summed E-state index contributed by atoms with van der Waals surface area (Å²) in [6.45, 7) is 4.73. The lowest BCUT2D eigenvalue weighted by Gasteiger charge is -2.29. The van der Waals surface area contributed by atoms with Crippen molar-refractivity contribution in [2.45, 2.75) is 6.54 Å². The van der Waals surface area contributed by atoms with E-state index in [2.05, 4.69) is 20.5 Å². The highest BCUT2D eigenvalue weighted by atomic mass is 32.1. The number of rotatable bonds is 2. The second-order valence-electron chi connectivity index (χ2n) is 3.76. The average molecular weight is 236 g/mol. The Morgan fingerprint density at radius 3 is 3.00 bits per heavy atom. The number of aromatic nitrogens is 1. The van der Waals surface area contributed by atoms with Crippen LogP contribution in [0.1, 0.15) is 5.56 Å². The molecule has 16 heavy (non-hydrogen) atoms. The first-order valence-electron chi connectivity index (χ1n) is 5.48. The second-order valence-corrected chi connectivity index (χ2v) is 4.14. The Labute approximate surface area is 101 Å². The van der Waals surface area contributed by atoms with Crippen LogP contribution >= 0.6 is 12.2 Å². The molecule has 2 heterocycles. The van der Waals surface area contributed by atoms with Crippen LogP contribution in [0.4, 0.5) is 0 Å². The second kappa shape index (κ2) is 5.77. The summed E-state index contributed by atoms with van der Waals surface area (Å²) in [5.41, 5.74) is 1.15. The normalized spacial score (nSPS) is 15.9. The lowest BCUT2D eigenvalue weighted by molar-refractivity contribution is 0.352. The van der Waals surface area contributed by atoms with Gasteiger partial charge in [0.1, 0.15) is 0 Å².